The van der Waals surface area contributed by atoms with E-state index in [2.05, 4.69) is 50.3 Å². The summed E-state index contributed by atoms with van der Waals surface area (Å²) in [6.07, 6.45) is 3.49. The number of ether oxygens (including phenoxy) is 1. The second kappa shape index (κ2) is 17.7. The number of aromatic nitrogens is 2. The first-order chi connectivity index (χ1) is 18.2. The summed E-state index contributed by atoms with van der Waals surface area (Å²) in [5.41, 5.74) is 2.86. The molecule has 1 atom stereocenters. The van der Waals surface area contributed by atoms with Crippen LogP contribution in [0.4, 0.5) is 0 Å². The van der Waals surface area contributed by atoms with Crippen LogP contribution >= 0.6 is 15.9 Å². The monoisotopic (exact) mass is 596 g/mol. The number of carbonyl (C=O) groups is 4. The number of hydrogen-bond donors (Lipinski definition) is 2. The van der Waals surface area contributed by atoms with Crippen LogP contribution in [0.2, 0.25) is 0 Å². The van der Waals surface area contributed by atoms with Gasteiger partial charge in [-0.05, 0) is 24.5 Å². The van der Waals surface area contributed by atoms with Crippen LogP contribution in [-0.2, 0) is 31.0 Å². The molecule has 2 aromatic rings. The summed E-state index contributed by atoms with van der Waals surface area (Å²) in [4.78, 5) is 46.5. The summed E-state index contributed by atoms with van der Waals surface area (Å²) >= 11 is 2.71. The van der Waals surface area contributed by atoms with Crippen molar-refractivity contribution in [2.45, 2.75) is 58.3 Å². The van der Waals surface area contributed by atoms with Crippen molar-refractivity contribution in [1.82, 2.24) is 20.0 Å². The molecule has 1 amide bonds. The first kappa shape index (κ1) is 33.2. The molecule has 0 saturated carbocycles. The normalized spacial score (nSPS) is 13.7. The number of amides is 1. The fraction of sp³-hybridized carbons (Fsp3) is 0.593. The second-order valence-corrected chi connectivity index (χ2v) is 9.25. The van der Waals surface area contributed by atoms with E-state index in [9.17, 15) is 19.2 Å². The number of carbonyl (C=O) groups excluding carboxylic acids is 3. The van der Waals surface area contributed by atoms with Crippen LogP contribution in [0, 0.1) is 0 Å². The number of aryl methyl sites for hydroxylation is 1. The minimum atomic E-state index is -0.829. The van der Waals surface area contributed by atoms with Crippen molar-refractivity contribution in [3.05, 3.63) is 29.5 Å². The zero-order chi connectivity index (χ0) is 28.7. The number of nitrogens with zero attached hydrogens (tertiary/aromatic N) is 3. The number of aliphatic carboxylic acids is 1. The molecule has 2 N–H and O–H groups in total. The average Bonchev–Trinajstić information content (AvgIpc) is 3.22. The molecule has 1 saturated heterocycles. The highest BCUT2D eigenvalue weighted by Gasteiger charge is 2.31. The van der Waals surface area contributed by atoms with Crippen molar-refractivity contribution in [1.29, 1.82) is 0 Å². The van der Waals surface area contributed by atoms with Crippen molar-refractivity contribution in [2.75, 3.05) is 38.6 Å². The average molecular weight is 598 g/mol. The summed E-state index contributed by atoms with van der Waals surface area (Å²) in [6.45, 7) is 8.54. The quantitative estimate of drug-likeness (QED) is 0.164. The van der Waals surface area contributed by atoms with Crippen LogP contribution in [0.25, 0.3) is 10.9 Å². The minimum Gasteiger partial charge on any atom is -0.481 e. The van der Waals surface area contributed by atoms with Gasteiger partial charge in [0.1, 0.15) is 11.6 Å². The number of alkyl halides is 1. The van der Waals surface area contributed by atoms with Gasteiger partial charge in [-0.3, -0.25) is 24.0 Å². The summed E-state index contributed by atoms with van der Waals surface area (Å²) in [7, 11) is 3.47. The third kappa shape index (κ3) is 9.83. The molecule has 1 aromatic carbocycles. The smallest absolute Gasteiger partial charge is 0.320 e. The molecule has 1 fully saturated rings. The number of esters is 1. The Labute approximate surface area is 233 Å². The minimum absolute atomic E-state index is 0.0347. The molecular weight excluding hydrogens is 556 g/mol. The third-order valence-electron chi connectivity index (χ3n) is 6.03. The van der Waals surface area contributed by atoms with Crippen molar-refractivity contribution >= 4 is 51.0 Å². The van der Waals surface area contributed by atoms with Crippen molar-refractivity contribution in [3.63, 3.8) is 0 Å². The molecule has 0 spiro atoms. The van der Waals surface area contributed by atoms with Gasteiger partial charge in [0, 0.05) is 44.9 Å². The van der Waals surface area contributed by atoms with Gasteiger partial charge in [0.15, 0.2) is 0 Å². The lowest BCUT2D eigenvalue weighted by atomic mass is 9.89. The molecular formula is C27H41BrN4O6. The summed E-state index contributed by atoms with van der Waals surface area (Å²) in [6, 6.07) is 6.22. The zero-order valence-electron chi connectivity index (χ0n) is 23.0. The molecule has 3 rings (SSSR count). The standard InChI is InChI=1S/C23H32N4O4.C2H3BrO2.C2H6/c1-4-5-11-31-21(29)15-27-13-17(14-27)16-8-9-18-20(12-16)26(3)25-22(18)19(7-6-10-28)23(30)24-2;3-1-2(4)5;1-2/h8-10,12,17,19H,4-7,11,13-15H2,1-3H3,(H,24,30);1H2,(H,4,5);1-2H3. The maximum atomic E-state index is 12.4. The first-order valence-electron chi connectivity index (χ1n) is 13.0. The lowest BCUT2D eigenvalue weighted by Crippen LogP contribution is -2.47. The molecule has 38 heavy (non-hydrogen) atoms. The van der Waals surface area contributed by atoms with E-state index in [0.717, 1.165) is 43.1 Å². The Bertz CT molecular complexity index is 1050. The van der Waals surface area contributed by atoms with Gasteiger partial charge in [-0.1, -0.05) is 55.3 Å². The van der Waals surface area contributed by atoms with Crippen LogP contribution in [0.1, 0.15) is 69.5 Å². The highest BCUT2D eigenvalue weighted by Crippen LogP contribution is 2.33. The predicted molar refractivity (Wildman–Crippen MR) is 151 cm³/mol. The van der Waals surface area contributed by atoms with Gasteiger partial charge in [0.05, 0.1) is 30.3 Å². The van der Waals surface area contributed by atoms with E-state index < -0.39 is 11.9 Å². The molecule has 212 valence electrons. The second-order valence-electron chi connectivity index (χ2n) is 8.69. The van der Waals surface area contributed by atoms with Crippen LogP contribution in [0.3, 0.4) is 0 Å². The number of carboxylic acid groups (broad SMARTS) is 1. The van der Waals surface area contributed by atoms with Crippen LogP contribution in [-0.4, -0.2) is 82.5 Å². The molecule has 1 aliphatic heterocycles. The van der Waals surface area contributed by atoms with E-state index in [4.69, 9.17) is 9.84 Å². The number of aldehydes is 1. The maximum absolute atomic E-state index is 12.4. The molecule has 10 nitrogen and oxygen atoms in total. The molecule has 1 unspecified atom stereocenters. The summed E-state index contributed by atoms with van der Waals surface area (Å²) < 4.78 is 7.04. The van der Waals surface area contributed by atoms with Gasteiger partial charge in [0.2, 0.25) is 5.91 Å². The van der Waals surface area contributed by atoms with Crippen molar-refractivity contribution in [3.8, 4) is 0 Å². The number of halogens is 1. The van der Waals surface area contributed by atoms with Gasteiger partial charge >= 0.3 is 11.9 Å². The predicted octanol–water partition coefficient (Wildman–Crippen LogP) is 3.62. The molecule has 11 heteroatoms. The Balaban J connectivity index is 0.000000924. The SMILES string of the molecule is CC.CCCCOC(=O)CN1CC(c2ccc3c(C(CCC=O)C(=O)NC)nn(C)c3c2)C1.O=C(O)CBr. The Morgan fingerprint density at radius 2 is 1.95 bits per heavy atom. The van der Waals surface area contributed by atoms with Crippen molar-refractivity contribution < 1.29 is 29.0 Å². The van der Waals surface area contributed by atoms with Crippen LogP contribution < -0.4 is 5.32 Å². The topological polar surface area (TPSA) is 131 Å². The summed E-state index contributed by atoms with van der Waals surface area (Å²) in [5.74, 6) is -1.22. The Kier molecular flexibility index (Phi) is 15.5. The van der Waals surface area contributed by atoms with E-state index in [-0.39, 0.29) is 17.2 Å². The number of likely N-dealkylation sites (tertiary alicyclic amines) is 1. The van der Waals surface area contributed by atoms with Gasteiger partial charge in [-0.15, -0.1) is 0 Å². The van der Waals surface area contributed by atoms with E-state index in [0.29, 0.717) is 37.6 Å². The van der Waals surface area contributed by atoms with E-state index in [1.165, 1.54) is 5.56 Å². The van der Waals surface area contributed by atoms with Gasteiger partial charge in [-0.25, -0.2) is 0 Å². The fourth-order valence-corrected chi connectivity index (χ4v) is 4.08. The van der Waals surface area contributed by atoms with Crippen LogP contribution in [0.5, 0.6) is 0 Å². The lowest BCUT2D eigenvalue weighted by molar-refractivity contribution is -0.146. The van der Waals surface area contributed by atoms with Gasteiger partial charge < -0.3 is 20.0 Å². The lowest BCUT2D eigenvalue weighted by Gasteiger charge is -2.38. The van der Waals surface area contributed by atoms with Gasteiger partial charge in [0.25, 0.3) is 0 Å². The molecule has 1 aromatic heterocycles. The number of nitrogens with one attached hydrogen (secondary N) is 1. The number of carboxylic acids is 1. The Hall–Kier alpha value is -2.79. The summed E-state index contributed by atoms with van der Waals surface area (Å²) in [5, 5.41) is 15.9. The number of rotatable bonds is 12. The largest absolute Gasteiger partial charge is 0.481 e. The van der Waals surface area contributed by atoms with E-state index >= 15 is 0 Å². The van der Waals surface area contributed by atoms with E-state index in [1.54, 1.807) is 11.7 Å². The molecule has 2 heterocycles. The highest BCUT2D eigenvalue weighted by molar-refractivity contribution is 9.09. The number of likely N-dealkylation sites (N-methyl/N-ethyl adjacent to an activating group) is 1. The molecule has 0 aliphatic carbocycles. The van der Waals surface area contributed by atoms with Gasteiger partial charge in [-0.2, -0.15) is 5.10 Å². The molecule has 0 bridgehead atoms. The number of unbranched alkanes of at least 4 members (excludes halogenated alkanes) is 1. The fourth-order valence-electron chi connectivity index (χ4n) is 4.08. The van der Waals surface area contributed by atoms with Crippen LogP contribution in [0.15, 0.2) is 18.2 Å². The highest BCUT2D eigenvalue weighted by atomic mass is 79.9. The van der Waals surface area contributed by atoms with E-state index in [1.807, 2.05) is 27.0 Å². The number of benzene rings is 1. The zero-order valence-corrected chi connectivity index (χ0v) is 24.6. The maximum Gasteiger partial charge on any atom is 0.320 e. The number of hydrogen-bond acceptors (Lipinski definition) is 7. The number of fused-ring (bicyclic) bond motifs is 1. The Morgan fingerprint density at radius 3 is 2.50 bits per heavy atom. The first-order valence-corrected chi connectivity index (χ1v) is 14.1. The third-order valence-corrected chi connectivity index (χ3v) is 6.51. The molecule has 0 radical (unpaired) electrons. The Morgan fingerprint density at radius 1 is 1.29 bits per heavy atom. The van der Waals surface area contributed by atoms with Crippen molar-refractivity contribution in [2.24, 2.45) is 7.05 Å². The molecule has 1 aliphatic rings.